The maximum atomic E-state index is 12.7. The van der Waals surface area contributed by atoms with Crippen molar-refractivity contribution in [2.24, 2.45) is 0 Å². The first-order valence-electron chi connectivity index (χ1n) is 8.08. The molecule has 1 atom stereocenters. The molecular formula is C19H17ClN2O5. The highest BCUT2D eigenvalue weighted by atomic mass is 35.5. The van der Waals surface area contributed by atoms with Crippen molar-refractivity contribution in [3.8, 4) is 11.5 Å². The molecular weight excluding hydrogens is 372 g/mol. The Morgan fingerprint density at radius 2 is 1.59 bits per heavy atom. The Bertz CT molecular complexity index is 909. The summed E-state index contributed by atoms with van der Waals surface area (Å²) in [6, 6.07) is 8.45. The van der Waals surface area contributed by atoms with Gasteiger partial charge in [-0.2, -0.15) is 0 Å². The fourth-order valence-electron chi connectivity index (χ4n) is 2.87. The largest absolute Gasteiger partial charge is 0.495 e. The zero-order valence-corrected chi connectivity index (χ0v) is 15.7. The van der Waals surface area contributed by atoms with Gasteiger partial charge in [0.1, 0.15) is 17.5 Å². The molecule has 1 N–H and O–H groups in total. The molecule has 0 saturated carbocycles. The number of hydrogen-bond donors (Lipinski definition) is 1. The number of nitrogens with zero attached hydrogens (tertiary/aromatic N) is 1. The minimum absolute atomic E-state index is 0.285. The molecule has 7 nitrogen and oxygen atoms in total. The summed E-state index contributed by atoms with van der Waals surface area (Å²) in [6.07, 6.45) is 0. The van der Waals surface area contributed by atoms with Crippen LogP contribution in [0, 0.1) is 0 Å². The van der Waals surface area contributed by atoms with Crippen molar-refractivity contribution in [1.29, 1.82) is 0 Å². The first-order valence-corrected chi connectivity index (χ1v) is 8.46. The van der Waals surface area contributed by atoms with Crippen LogP contribution in [0.15, 0.2) is 36.4 Å². The zero-order chi connectivity index (χ0) is 19.7. The highest BCUT2D eigenvalue weighted by molar-refractivity contribution is 6.32. The average Bonchev–Trinajstić information content (AvgIpc) is 2.93. The van der Waals surface area contributed by atoms with Crippen molar-refractivity contribution in [2.75, 3.05) is 19.5 Å². The van der Waals surface area contributed by atoms with Crippen LogP contribution in [-0.2, 0) is 4.79 Å². The van der Waals surface area contributed by atoms with Crippen molar-refractivity contribution in [2.45, 2.75) is 13.0 Å². The number of rotatable bonds is 5. The lowest BCUT2D eigenvalue weighted by Crippen LogP contribution is -2.45. The van der Waals surface area contributed by atoms with Crippen LogP contribution in [0.1, 0.15) is 27.6 Å². The molecule has 0 aromatic heterocycles. The van der Waals surface area contributed by atoms with E-state index in [1.165, 1.54) is 33.3 Å². The predicted molar refractivity (Wildman–Crippen MR) is 99.6 cm³/mol. The van der Waals surface area contributed by atoms with Crippen molar-refractivity contribution in [1.82, 2.24) is 4.90 Å². The number of hydrogen-bond acceptors (Lipinski definition) is 5. The van der Waals surface area contributed by atoms with E-state index in [4.69, 9.17) is 21.1 Å². The van der Waals surface area contributed by atoms with Crippen LogP contribution in [0.5, 0.6) is 11.5 Å². The second kappa shape index (κ2) is 7.28. The number of benzene rings is 2. The second-order valence-electron chi connectivity index (χ2n) is 5.88. The highest BCUT2D eigenvalue weighted by Crippen LogP contribution is 2.36. The van der Waals surface area contributed by atoms with Crippen LogP contribution in [0.4, 0.5) is 5.69 Å². The van der Waals surface area contributed by atoms with Crippen LogP contribution >= 0.6 is 11.6 Å². The fraction of sp³-hybridized carbons (Fsp3) is 0.211. The molecule has 3 amide bonds. The lowest BCUT2D eigenvalue weighted by molar-refractivity contribution is -0.119. The molecule has 1 aliphatic heterocycles. The number of anilines is 1. The van der Waals surface area contributed by atoms with E-state index in [0.717, 1.165) is 4.90 Å². The van der Waals surface area contributed by atoms with Gasteiger partial charge in [0, 0.05) is 12.1 Å². The average molecular weight is 389 g/mol. The third-order valence-electron chi connectivity index (χ3n) is 4.32. The molecule has 1 aliphatic rings. The summed E-state index contributed by atoms with van der Waals surface area (Å²) < 4.78 is 10.4. The number of nitrogens with one attached hydrogen (secondary N) is 1. The quantitative estimate of drug-likeness (QED) is 0.796. The molecule has 8 heteroatoms. The summed E-state index contributed by atoms with van der Waals surface area (Å²) in [5.74, 6) is -0.880. The van der Waals surface area contributed by atoms with Gasteiger partial charge in [-0.25, -0.2) is 0 Å². The fourth-order valence-corrected chi connectivity index (χ4v) is 3.10. The standard InChI is InChI=1S/C19H17ClN2O5/c1-10(22-18(24)11-6-4-5-7-12(11)19(22)25)17(23)21-14-9-15(26-2)13(20)8-16(14)27-3/h4-10H,1-3H3,(H,21,23)/t10-/m1/s1. The number of carbonyl (C=O) groups excluding carboxylic acids is 3. The van der Waals surface area contributed by atoms with Crippen molar-refractivity contribution in [3.63, 3.8) is 0 Å². The Balaban J connectivity index is 1.86. The van der Waals surface area contributed by atoms with Gasteiger partial charge in [0.2, 0.25) is 5.91 Å². The maximum Gasteiger partial charge on any atom is 0.262 e. The molecule has 140 valence electrons. The predicted octanol–water partition coefficient (Wildman–Crippen LogP) is 2.98. The van der Waals surface area contributed by atoms with E-state index in [-0.39, 0.29) is 11.1 Å². The molecule has 0 spiro atoms. The number of methoxy groups -OCH3 is 2. The minimum atomic E-state index is -1.02. The van der Waals surface area contributed by atoms with Crippen molar-refractivity contribution < 1.29 is 23.9 Å². The summed E-state index contributed by atoms with van der Waals surface area (Å²) in [5, 5.41) is 2.98. The lowest BCUT2D eigenvalue weighted by atomic mass is 10.1. The Morgan fingerprint density at radius 3 is 2.11 bits per heavy atom. The van der Waals surface area contributed by atoms with Crippen LogP contribution in [-0.4, -0.2) is 42.9 Å². The number of halogens is 1. The van der Waals surface area contributed by atoms with Gasteiger partial charge in [-0.1, -0.05) is 23.7 Å². The third kappa shape index (κ3) is 3.21. The molecule has 2 aromatic carbocycles. The van der Waals surface area contributed by atoms with Crippen LogP contribution in [0.25, 0.3) is 0 Å². The summed E-state index contributed by atoms with van der Waals surface area (Å²) in [7, 11) is 2.88. The molecule has 0 radical (unpaired) electrons. The Hall–Kier alpha value is -3.06. The van der Waals surface area contributed by atoms with Gasteiger partial charge in [0.25, 0.3) is 11.8 Å². The third-order valence-corrected chi connectivity index (χ3v) is 4.62. The highest BCUT2D eigenvalue weighted by Gasteiger charge is 2.40. The number of fused-ring (bicyclic) bond motifs is 1. The van der Waals surface area contributed by atoms with E-state index in [1.54, 1.807) is 24.3 Å². The van der Waals surface area contributed by atoms with Gasteiger partial charge in [0.15, 0.2) is 0 Å². The molecule has 0 saturated heterocycles. The van der Waals surface area contributed by atoms with Crippen LogP contribution < -0.4 is 14.8 Å². The number of ether oxygens (including phenoxy) is 2. The Morgan fingerprint density at radius 1 is 1.04 bits per heavy atom. The molecule has 0 unspecified atom stereocenters. The van der Waals surface area contributed by atoms with Gasteiger partial charge >= 0.3 is 0 Å². The van der Waals surface area contributed by atoms with Gasteiger partial charge in [-0.15, -0.1) is 0 Å². The van der Waals surface area contributed by atoms with Crippen LogP contribution in [0.2, 0.25) is 5.02 Å². The molecule has 27 heavy (non-hydrogen) atoms. The monoisotopic (exact) mass is 388 g/mol. The summed E-state index contributed by atoms with van der Waals surface area (Å²) >= 11 is 6.06. The maximum absolute atomic E-state index is 12.7. The summed E-state index contributed by atoms with van der Waals surface area (Å²) in [4.78, 5) is 38.7. The topological polar surface area (TPSA) is 84.9 Å². The molecule has 3 rings (SSSR count). The number of imide groups is 1. The van der Waals surface area contributed by atoms with E-state index in [1.807, 2.05) is 0 Å². The van der Waals surface area contributed by atoms with Crippen LogP contribution in [0.3, 0.4) is 0 Å². The molecule has 0 bridgehead atoms. The molecule has 1 heterocycles. The zero-order valence-electron chi connectivity index (χ0n) is 14.9. The molecule has 0 aliphatic carbocycles. The van der Waals surface area contributed by atoms with E-state index >= 15 is 0 Å². The van der Waals surface area contributed by atoms with E-state index in [2.05, 4.69) is 5.32 Å². The normalized spacial score (nSPS) is 14.0. The first kappa shape index (κ1) is 18.7. The number of carbonyl (C=O) groups is 3. The summed E-state index contributed by atoms with van der Waals surface area (Å²) in [5.41, 5.74) is 0.882. The van der Waals surface area contributed by atoms with E-state index in [9.17, 15) is 14.4 Å². The van der Waals surface area contributed by atoms with Gasteiger partial charge < -0.3 is 14.8 Å². The van der Waals surface area contributed by atoms with Crippen molar-refractivity contribution >= 4 is 35.0 Å². The van der Waals surface area contributed by atoms with Gasteiger partial charge in [-0.3, -0.25) is 19.3 Å². The number of amides is 3. The summed E-state index contributed by atoms with van der Waals surface area (Å²) in [6.45, 7) is 1.48. The van der Waals surface area contributed by atoms with E-state index < -0.39 is 23.8 Å². The first-order chi connectivity index (χ1) is 12.9. The SMILES string of the molecule is COc1cc(NC(=O)[C@@H](C)N2C(=O)c3ccccc3C2=O)c(OC)cc1Cl. The Kier molecular flexibility index (Phi) is 5.05. The minimum Gasteiger partial charge on any atom is -0.495 e. The van der Waals surface area contributed by atoms with Gasteiger partial charge in [-0.05, 0) is 19.1 Å². The van der Waals surface area contributed by atoms with E-state index in [0.29, 0.717) is 22.2 Å². The molecule has 0 fully saturated rings. The van der Waals surface area contributed by atoms with Crippen molar-refractivity contribution in [3.05, 3.63) is 52.5 Å². The second-order valence-corrected chi connectivity index (χ2v) is 6.29. The lowest BCUT2D eigenvalue weighted by Gasteiger charge is -2.22. The van der Waals surface area contributed by atoms with Gasteiger partial charge in [0.05, 0.1) is 36.1 Å². The smallest absolute Gasteiger partial charge is 0.262 e. The molecule has 2 aromatic rings. The Labute approximate surface area is 160 Å².